The molecule has 0 spiro atoms. The highest BCUT2D eigenvalue weighted by molar-refractivity contribution is 7.13. The summed E-state index contributed by atoms with van der Waals surface area (Å²) in [5, 5.41) is 28.7. The second-order valence-electron chi connectivity index (χ2n) is 22.7. The number of likely N-dealkylation sites (N-methyl/N-ethyl adjacent to an activating group) is 2. The SMILES string of the molecule is C=N/C(=C1/C=NC(c2cc(O)cc3cccc(CC)c23)=C(F)/C1=N/CO)N1CCCCCC1.CC(C)C(C)c1cc(N2CCN(C=O)CC2)no1.CC[C@@H](C(=O)N[C@@H](C)c1ccc(-c2scnc2C)cc1)N(C=O)CC.COC[C@@H]1CC[C@@H](C)N1C. The number of halogens is 1. The molecule has 0 bridgehead atoms. The Labute approximate surface area is 512 Å². The molecule has 5 atom stereocenters. The monoisotopic (exact) mass is 1200 g/mol. The van der Waals surface area contributed by atoms with E-state index in [1.165, 1.54) is 28.7 Å². The van der Waals surface area contributed by atoms with Gasteiger partial charge in [-0.3, -0.25) is 29.3 Å². The number of anilines is 1. The first kappa shape index (κ1) is 68.0. The van der Waals surface area contributed by atoms with Crippen molar-refractivity contribution in [2.45, 2.75) is 144 Å². The van der Waals surface area contributed by atoms with Crippen LogP contribution in [-0.4, -0.2) is 169 Å². The molecule has 3 N–H and O–H groups in total. The summed E-state index contributed by atoms with van der Waals surface area (Å²) in [5.74, 6) is 2.53. The highest BCUT2D eigenvalue weighted by Crippen LogP contribution is 2.38. The molecule has 3 saturated heterocycles. The molecule has 9 rings (SSSR count). The van der Waals surface area contributed by atoms with Crippen molar-refractivity contribution < 1.29 is 38.2 Å². The van der Waals surface area contributed by atoms with Crippen molar-refractivity contribution in [3.05, 3.63) is 112 Å². The number of aliphatic imine (C=N–C) groups is 3. The topological polar surface area (TPSA) is 205 Å². The Balaban J connectivity index is 0.000000197. The first-order valence-corrected chi connectivity index (χ1v) is 31.3. The van der Waals surface area contributed by atoms with Gasteiger partial charge in [-0.25, -0.2) is 14.4 Å². The van der Waals surface area contributed by atoms with Crippen molar-refractivity contribution in [1.29, 1.82) is 0 Å². The van der Waals surface area contributed by atoms with Crippen LogP contribution in [0.15, 0.2) is 103 Å². The lowest BCUT2D eigenvalue weighted by molar-refractivity contribution is -0.133. The van der Waals surface area contributed by atoms with E-state index in [0.717, 1.165) is 142 Å². The number of ether oxygens (including phenoxy) is 1. The number of piperazine rings is 1. The van der Waals surface area contributed by atoms with Gasteiger partial charge in [0.2, 0.25) is 18.7 Å². The number of aromatic hydroxyl groups is 1. The number of hydrogen-bond acceptors (Lipinski definition) is 16. The number of hydrogen-bond donors (Lipinski definition) is 3. The maximum Gasteiger partial charge on any atom is 0.243 e. The molecule has 4 aliphatic rings. The summed E-state index contributed by atoms with van der Waals surface area (Å²) in [4.78, 5) is 62.4. The number of aliphatic hydroxyl groups excluding tert-OH is 1. The Bertz CT molecular complexity index is 3120. The standard InChI is InChI=1S/C26H29FN4O2.C19H25N3O2S.C13H21N3O2.C8H17NO/c1-3-17-9-8-10-18-13-19(33)14-20(22(17)18)24-23(27)25(30-16-32)21(15-29-24)26(28-2)31-11-6-4-5-7-12-31;1-5-17(22(6-2)12-23)19(24)21-13(3)15-7-9-16(10-8-15)18-14(4)20-11-25-18;1-10(2)11(3)12-8-13(14-18-12)16-6-4-15(9-17)5-7-16;1-7-4-5-8(6-10-3)9(7)2/h8-10,13-15,32-33H,2-7,11-12,16H2,1H3;7-13,17H,5-6H2,1-4H3,(H,21,24);8-11H,4-7H2,1-3H3;7-8H,4-6H2,1-3H3/b26-21+,30-25+;;;/t;13-,17-;;7-,8+/m.0.1/s1. The number of aryl methyl sites for hydroxylation is 2. The van der Waals surface area contributed by atoms with E-state index in [9.17, 15) is 24.6 Å². The van der Waals surface area contributed by atoms with Crippen LogP contribution in [-0.2, 0) is 25.5 Å². The summed E-state index contributed by atoms with van der Waals surface area (Å²) < 4.78 is 26.5. The summed E-state index contributed by atoms with van der Waals surface area (Å²) in [6.07, 6.45) is 11.5. The van der Waals surface area contributed by atoms with Crippen molar-refractivity contribution in [2.75, 3.05) is 78.2 Å². The highest BCUT2D eigenvalue weighted by Gasteiger charge is 2.30. The Morgan fingerprint density at radius 3 is 2.26 bits per heavy atom. The molecule has 0 saturated carbocycles. The summed E-state index contributed by atoms with van der Waals surface area (Å²) in [5.41, 5.74) is 7.03. The van der Waals surface area contributed by atoms with Crippen LogP contribution in [0.2, 0.25) is 0 Å². The number of thiazole rings is 1. The van der Waals surface area contributed by atoms with Gasteiger partial charge in [-0.1, -0.05) is 95.1 Å². The number of amides is 3. The van der Waals surface area contributed by atoms with E-state index in [1.54, 1.807) is 35.6 Å². The first-order chi connectivity index (χ1) is 41.5. The molecule has 0 aliphatic carbocycles. The molecule has 2 aromatic heterocycles. The minimum atomic E-state index is -0.657. The van der Waals surface area contributed by atoms with Crippen molar-refractivity contribution in [1.82, 2.24) is 35.1 Å². The van der Waals surface area contributed by atoms with Crippen LogP contribution in [0.25, 0.3) is 26.9 Å². The van der Waals surface area contributed by atoms with Crippen LogP contribution < -0.4 is 10.2 Å². The Kier molecular flexibility index (Phi) is 26.6. The van der Waals surface area contributed by atoms with Crippen molar-refractivity contribution in [3.63, 3.8) is 0 Å². The van der Waals surface area contributed by atoms with Gasteiger partial charge < -0.3 is 44.4 Å². The molecular formula is C66H92FN11O7S. The largest absolute Gasteiger partial charge is 0.508 e. The van der Waals surface area contributed by atoms with Gasteiger partial charge in [0, 0.05) is 88.8 Å². The van der Waals surface area contributed by atoms with Crippen LogP contribution in [0, 0.1) is 12.8 Å². The van der Waals surface area contributed by atoms with Gasteiger partial charge in [0.25, 0.3) is 0 Å². The number of nitrogens with zero attached hydrogens (tertiary/aromatic N) is 10. The average molecular weight is 1200 g/mol. The van der Waals surface area contributed by atoms with E-state index < -0.39 is 18.6 Å². The van der Waals surface area contributed by atoms with Crippen LogP contribution in [0.1, 0.15) is 140 Å². The molecule has 18 nitrogen and oxygen atoms in total. The Morgan fingerprint density at radius 2 is 1.70 bits per heavy atom. The van der Waals surface area contributed by atoms with Gasteiger partial charge in [0.05, 0.1) is 34.3 Å². The molecule has 3 amide bonds. The molecule has 3 fully saturated rings. The van der Waals surface area contributed by atoms with Crippen molar-refractivity contribution in [2.24, 2.45) is 20.9 Å². The number of rotatable bonds is 19. The average Bonchev–Trinajstić information content (AvgIpc) is 1.45. The minimum Gasteiger partial charge on any atom is -0.508 e. The second-order valence-corrected chi connectivity index (χ2v) is 23.5. The highest BCUT2D eigenvalue weighted by atomic mass is 32.1. The fraction of sp³-hybridized carbons (Fsp3) is 0.515. The minimum absolute atomic E-state index is 0.000352. The zero-order valence-corrected chi connectivity index (χ0v) is 53.3. The zero-order valence-electron chi connectivity index (χ0n) is 52.5. The van der Waals surface area contributed by atoms with Gasteiger partial charge >= 0.3 is 0 Å². The third-order valence-electron chi connectivity index (χ3n) is 16.9. The number of likely N-dealkylation sites (tertiary alicyclic amines) is 2. The molecule has 0 radical (unpaired) electrons. The molecule has 86 heavy (non-hydrogen) atoms. The molecule has 5 aromatic rings. The van der Waals surface area contributed by atoms with E-state index in [2.05, 4.69) is 98.7 Å². The Morgan fingerprint density at radius 1 is 0.988 bits per heavy atom. The quantitative estimate of drug-likeness (QED) is 0.0522. The van der Waals surface area contributed by atoms with Gasteiger partial charge in [0.15, 0.2) is 11.6 Å². The van der Waals surface area contributed by atoms with E-state index in [0.29, 0.717) is 47.8 Å². The van der Waals surface area contributed by atoms with Crippen LogP contribution in [0.4, 0.5) is 10.2 Å². The predicted molar refractivity (Wildman–Crippen MR) is 346 cm³/mol. The van der Waals surface area contributed by atoms with E-state index >= 15 is 4.39 Å². The zero-order chi connectivity index (χ0) is 62.5. The number of allylic oxidation sites excluding steroid dienone is 2. The second kappa shape index (κ2) is 33.7. The predicted octanol–water partition coefficient (Wildman–Crippen LogP) is 11.4. The van der Waals surface area contributed by atoms with Crippen molar-refractivity contribution in [3.8, 4) is 16.2 Å². The number of benzene rings is 3. The third-order valence-corrected chi connectivity index (χ3v) is 17.8. The number of nitrogens with one attached hydrogen (secondary N) is 1. The summed E-state index contributed by atoms with van der Waals surface area (Å²) in [7, 11) is 3.96. The molecule has 20 heteroatoms. The summed E-state index contributed by atoms with van der Waals surface area (Å²) >= 11 is 1.62. The summed E-state index contributed by atoms with van der Waals surface area (Å²) in [6, 6.07) is 20.0. The lowest BCUT2D eigenvalue weighted by Gasteiger charge is -2.32. The normalized spacial score (nSPS) is 19.3. The smallest absolute Gasteiger partial charge is 0.243 e. The van der Waals surface area contributed by atoms with Gasteiger partial charge in [0.1, 0.15) is 41.5 Å². The fourth-order valence-electron chi connectivity index (χ4n) is 11.1. The maximum atomic E-state index is 16.0. The number of phenols is 1. The van der Waals surface area contributed by atoms with Crippen LogP contribution >= 0.6 is 11.3 Å². The lowest BCUT2D eigenvalue weighted by Crippen LogP contribution is -2.46. The molecule has 6 heterocycles. The molecule has 4 aliphatic heterocycles. The number of methoxy groups -OCH3 is 1. The molecule has 3 aromatic carbocycles. The lowest BCUT2D eigenvalue weighted by atomic mass is 9.93. The van der Waals surface area contributed by atoms with E-state index in [4.69, 9.17) is 9.26 Å². The van der Waals surface area contributed by atoms with Gasteiger partial charge in [-0.2, -0.15) is 0 Å². The maximum absolute atomic E-state index is 16.0. The van der Waals surface area contributed by atoms with Crippen LogP contribution in [0.3, 0.4) is 0 Å². The molecule has 1 unspecified atom stereocenters. The number of fused-ring (bicyclic) bond motifs is 1. The third kappa shape index (κ3) is 17.5. The van der Waals surface area contributed by atoms with E-state index in [1.807, 2.05) is 76.5 Å². The van der Waals surface area contributed by atoms with Gasteiger partial charge in [-0.15, -0.1) is 11.3 Å². The number of carbonyl (C=O) groups excluding carboxylic acids is 3. The number of aliphatic hydroxyl groups is 1. The van der Waals surface area contributed by atoms with Gasteiger partial charge in [-0.05, 0) is 125 Å². The summed E-state index contributed by atoms with van der Waals surface area (Å²) in [6.45, 7) is 27.8. The van der Waals surface area contributed by atoms with E-state index in [-0.39, 0.29) is 29.1 Å². The molecule has 466 valence electrons. The number of carbonyl (C=O) groups is 3. The molecular weight excluding hydrogens is 1110 g/mol. The first-order valence-electron chi connectivity index (χ1n) is 30.4. The number of phenolic OH excluding ortho intramolecular Hbond substituents is 1. The van der Waals surface area contributed by atoms with Crippen LogP contribution in [0.5, 0.6) is 5.75 Å². The van der Waals surface area contributed by atoms with Crippen molar-refractivity contribution >= 4 is 71.0 Å². The fourth-order valence-corrected chi connectivity index (χ4v) is 11.9. The Hall–Kier alpha value is -7.13. The number of aromatic nitrogens is 2.